The fourth-order valence-electron chi connectivity index (χ4n) is 1.72. The predicted molar refractivity (Wildman–Crippen MR) is 72.1 cm³/mol. The van der Waals surface area contributed by atoms with E-state index in [4.69, 9.17) is 5.11 Å². The molecule has 1 heterocycles. The zero-order valence-corrected chi connectivity index (χ0v) is 11.1. The summed E-state index contributed by atoms with van der Waals surface area (Å²) in [5, 5.41) is 29.9. The first-order chi connectivity index (χ1) is 10.1. The lowest BCUT2D eigenvalue weighted by molar-refractivity contribution is -0.387. The first kappa shape index (κ1) is 14.9. The number of nitrogens with one attached hydrogen (secondary N) is 1. The van der Waals surface area contributed by atoms with Gasteiger partial charge in [-0.2, -0.15) is 4.39 Å². The number of aromatic nitrogens is 3. The van der Waals surface area contributed by atoms with Gasteiger partial charge in [0, 0.05) is 31.0 Å². The van der Waals surface area contributed by atoms with Crippen molar-refractivity contribution < 1.29 is 14.4 Å². The fourth-order valence-corrected chi connectivity index (χ4v) is 1.72. The summed E-state index contributed by atoms with van der Waals surface area (Å²) < 4.78 is 15.0. The first-order valence-corrected chi connectivity index (χ1v) is 6.28. The van der Waals surface area contributed by atoms with Gasteiger partial charge in [0.1, 0.15) is 5.69 Å². The van der Waals surface area contributed by atoms with Crippen LogP contribution in [0, 0.1) is 15.9 Å². The Morgan fingerprint density at radius 3 is 2.95 bits per heavy atom. The summed E-state index contributed by atoms with van der Waals surface area (Å²) in [4.78, 5) is 9.74. The number of halogens is 1. The van der Waals surface area contributed by atoms with E-state index in [9.17, 15) is 14.5 Å². The third-order valence-corrected chi connectivity index (χ3v) is 2.75. The maximum atomic E-state index is 13.4. The monoisotopic (exact) mass is 295 g/mol. The van der Waals surface area contributed by atoms with Crippen LogP contribution in [0.2, 0.25) is 0 Å². The number of aliphatic hydroxyl groups is 1. The Hall–Kier alpha value is -2.55. The van der Waals surface area contributed by atoms with Crippen LogP contribution in [0.4, 0.5) is 15.8 Å². The predicted octanol–water partition coefficient (Wildman–Crippen LogP) is 1.32. The Morgan fingerprint density at radius 2 is 2.29 bits per heavy atom. The highest BCUT2D eigenvalue weighted by atomic mass is 19.1. The van der Waals surface area contributed by atoms with Crippen LogP contribution in [0.5, 0.6) is 0 Å². The molecule has 2 N–H and O–H groups in total. The van der Waals surface area contributed by atoms with E-state index < -0.39 is 16.4 Å². The molecule has 0 aliphatic carbocycles. The maximum absolute atomic E-state index is 13.4. The van der Waals surface area contributed by atoms with Gasteiger partial charge in [0.15, 0.2) is 0 Å². The Labute approximate surface area is 119 Å². The summed E-state index contributed by atoms with van der Waals surface area (Å²) in [5.41, 5.74) is 0.505. The number of anilines is 1. The Kier molecular flexibility index (Phi) is 4.77. The molecule has 0 aliphatic heterocycles. The molecule has 0 unspecified atom stereocenters. The molecule has 2 aromatic rings. The molecule has 0 atom stereocenters. The summed E-state index contributed by atoms with van der Waals surface area (Å²) in [7, 11) is 0. The van der Waals surface area contributed by atoms with Crippen molar-refractivity contribution in [3.05, 3.63) is 46.0 Å². The highest BCUT2D eigenvalue weighted by Crippen LogP contribution is 2.21. The minimum atomic E-state index is -0.892. The van der Waals surface area contributed by atoms with E-state index >= 15 is 0 Å². The van der Waals surface area contributed by atoms with Gasteiger partial charge >= 0.3 is 5.69 Å². The van der Waals surface area contributed by atoms with E-state index in [2.05, 4.69) is 15.6 Å². The molecule has 1 aromatic heterocycles. The van der Waals surface area contributed by atoms with Crippen LogP contribution in [0.3, 0.4) is 0 Å². The average molecular weight is 295 g/mol. The first-order valence-electron chi connectivity index (χ1n) is 6.28. The number of aryl methyl sites for hydroxylation is 1. The summed E-state index contributed by atoms with van der Waals surface area (Å²) in [6.45, 7) is 0.960. The summed E-state index contributed by atoms with van der Waals surface area (Å²) in [5.74, 6) is -0.892. The molecule has 1 aromatic carbocycles. The molecule has 112 valence electrons. The smallest absolute Gasteiger partial charge is 0.304 e. The average Bonchev–Trinajstić information content (AvgIpc) is 2.90. The van der Waals surface area contributed by atoms with E-state index in [0.29, 0.717) is 30.9 Å². The zero-order chi connectivity index (χ0) is 15.2. The van der Waals surface area contributed by atoms with Crippen LogP contribution in [0.25, 0.3) is 0 Å². The van der Waals surface area contributed by atoms with Gasteiger partial charge in [-0.3, -0.25) is 14.8 Å². The third-order valence-electron chi connectivity index (χ3n) is 2.75. The summed E-state index contributed by atoms with van der Waals surface area (Å²) >= 11 is 0. The SMILES string of the molecule is O=[N+]([O-])c1ccc(NCc2cn(CCCO)nn2)cc1F. The van der Waals surface area contributed by atoms with Crippen molar-refractivity contribution in [2.24, 2.45) is 0 Å². The normalized spacial score (nSPS) is 10.6. The standard InChI is InChI=1S/C12H14FN5O3/c13-11-6-9(2-3-12(11)18(20)21)14-7-10-8-17(16-15-10)4-1-5-19/h2-3,6,8,14,19H,1,4-5,7H2. The van der Waals surface area contributed by atoms with Crippen LogP contribution in [0.15, 0.2) is 24.4 Å². The van der Waals surface area contributed by atoms with Gasteiger partial charge < -0.3 is 10.4 Å². The molecule has 0 fully saturated rings. The number of nitrogens with zero attached hydrogens (tertiary/aromatic N) is 4. The molecular formula is C12H14FN5O3. The van der Waals surface area contributed by atoms with E-state index in [1.54, 1.807) is 10.9 Å². The van der Waals surface area contributed by atoms with Crippen molar-refractivity contribution >= 4 is 11.4 Å². The zero-order valence-electron chi connectivity index (χ0n) is 11.1. The molecule has 0 aliphatic rings. The van der Waals surface area contributed by atoms with E-state index in [1.165, 1.54) is 6.07 Å². The lowest BCUT2D eigenvalue weighted by Crippen LogP contribution is -2.01. The van der Waals surface area contributed by atoms with Crippen molar-refractivity contribution in [3.8, 4) is 0 Å². The second-order valence-corrected chi connectivity index (χ2v) is 4.33. The van der Waals surface area contributed by atoms with Crippen molar-refractivity contribution in [3.63, 3.8) is 0 Å². The number of hydrogen-bond acceptors (Lipinski definition) is 6. The molecule has 9 heteroatoms. The molecule has 0 bridgehead atoms. The summed E-state index contributed by atoms with van der Waals surface area (Å²) in [6.07, 6.45) is 2.30. The number of nitro groups is 1. The minimum Gasteiger partial charge on any atom is -0.396 e. The van der Waals surface area contributed by atoms with E-state index in [0.717, 1.165) is 12.1 Å². The van der Waals surface area contributed by atoms with Gasteiger partial charge in [-0.25, -0.2) is 0 Å². The topological polar surface area (TPSA) is 106 Å². The Bertz CT molecular complexity index is 631. The van der Waals surface area contributed by atoms with Crippen molar-refractivity contribution in [1.82, 2.24) is 15.0 Å². The van der Waals surface area contributed by atoms with Crippen LogP contribution >= 0.6 is 0 Å². The molecule has 8 nitrogen and oxygen atoms in total. The highest BCUT2D eigenvalue weighted by Gasteiger charge is 2.13. The number of nitro benzene ring substituents is 1. The van der Waals surface area contributed by atoms with Gasteiger partial charge in [-0.15, -0.1) is 5.10 Å². The minimum absolute atomic E-state index is 0.0789. The number of aliphatic hydroxyl groups excluding tert-OH is 1. The molecule has 0 radical (unpaired) electrons. The maximum Gasteiger partial charge on any atom is 0.304 e. The largest absolute Gasteiger partial charge is 0.396 e. The highest BCUT2D eigenvalue weighted by molar-refractivity contribution is 5.49. The van der Waals surface area contributed by atoms with Gasteiger partial charge in [0.25, 0.3) is 0 Å². The molecule has 0 amide bonds. The van der Waals surface area contributed by atoms with Gasteiger partial charge in [-0.05, 0) is 12.5 Å². The van der Waals surface area contributed by atoms with Crippen molar-refractivity contribution in [2.75, 3.05) is 11.9 Å². The summed E-state index contributed by atoms with van der Waals surface area (Å²) in [6, 6.07) is 3.60. The second-order valence-electron chi connectivity index (χ2n) is 4.33. The number of benzene rings is 1. The van der Waals surface area contributed by atoms with Gasteiger partial charge in [0.2, 0.25) is 5.82 Å². The van der Waals surface area contributed by atoms with Gasteiger partial charge in [-0.1, -0.05) is 5.21 Å². The van der Waals surface area contributed by atoms with Crippen molar-refractivity contribution in [1.29, 1.82) is 0 Å². The Morgan fingerprint density at radius 1 is 1.48 bits per heavy atom. The van der Waals surface area contributed by atoms with Crippen LogP contribution in [0.1, 0.15) is 12.1 Å². The Balaban J connectivity index is 1.95. The van der Waals surface area contributed by atoms with Crippen LogP contribution < -0.4 is 5.32 Å². The molecule has 21 heavy (non-hydrogen) atoms. The lowest BCUT2D eigenvalue weighted by atomic mass is 10.2. The van der Waals surface area contributed by atoms with E-state index in [1.807, 2.05) is 0 Å². The third kappa shape index (κ3) is 3.96. The fraction of sp³-hybridized carbons (Fsp3) is 0.333. The quantitative estimate of drug-likeness (QED) is 0.589. The molecule has 2 rings (SSSR count). The van der Waals surface area contributed by atoms with E-state index in [-0.39, 0.29) is 6.61 Å². The number of hydrogen-bond donors (Lipinski definition) is 2. The molecule has 0 saturated heterocycles. The van der Waals surface area contributed by atoms with Crippen LogP contribution in [-0.4, -0.2) is 31.6 Å². The molecular weight excluding hydrogens is 281 g/mol. The molecule has 0 spiro atoms. The number of rotatable bonds is 7. The second kappa shape index (κ2) is 6.75. The van der Waals surface area contributed by atoms with Gasteiger partial charge in [0.05, 0.1) is 17.7 Å². The molecule has 0 saturated carbocycles. The lowest BCUT2D eigenvalue weighted by Gasteiger charge is -2.04. The van der Waals surface area contributed by atoms with Crippen molar-refractivity contribution in [2.45, 2.75) is 19.5 Å². The van der Waals surface area contributed by atoms with Crippen LogP contribution in [-0.2, 0) is 13.1 Å².